The van der Waals surface area contributed by atoms with Gasteiger partial charge in [-0.25, -0.2) is 4.98 Å². The normalized spacial score (nSPS) is 24.5. The zero-order valence-corrected chi connectivity index (χ0v) is 10.9. The zero-order valence-electron chi connectivity index (χ0n) is 10.9. The number of hydrogen-bond acceptors (Lipinski definition) is 3. The summed E-state index contributed by atoms with van der Waals surface area (Å²) in [5, 5.41) is 9.56. The first-order chi connectivity index (χ1) is 8.69. The molecule has 1 aliphatic heterocycles. The summed E-state index contributed by atoms with van der Waals surface area (Å²) in [7, 11) is 0. The summed E-state index contributed by atoms with van der Waals surface area (Å²) >= 11 is 0. The molecule has 0 saturated carbocycles. The number of carbonyl (C=O) groups is 1. The topological polar surface area (TPSA) is 58.4 Å². The monoisotopic (exact) mass is 251 g/mol. The number of likely N-dealkylation sites (tertiary alicyclic amines) is 1. The van der Waals surface area contributed by atoms with E-state index in [1.165, 1.54) is 0 Å². The molecule has 1 fully saturated rings. The van der Waals surface area contributed by atoms with E-state index in [0.29, 0.717) is 0 Å². The second-order valence-electron chi connectivity index (χ2n) is 4.98. The van der Waals surface area contributed by atoms with Gasteiger partial charge in [0.1, 0.15) is 5.54 Å². The Kier molecular flexibility index (Phi) is 4.01. The van der Waals surface area contributed by atoms with Crippen molar-refractivity contribution in [2.75, 3.05) is 13.1 Å². The summed E-state index contributed by atoms with van der Waals surface area (Å²) in [6.07, 6.45) is 8.85. The van der Waals surface area contributed by atoms with E-state index in [2.05, 4.69) is 16.8 Å². The highest BCUT2D eigenvalue weighted by molar-refractivity contribution is 5.79. The molecule has 2 rings (SSSR count). The van der Waals surface area contributed by atoms with Crippen LogP contribution in [0.2, 0.25) is 0 Å². The number of carboxylic acid groups (broad SMARTS) is 1. The summed E-state index contributed by atoms with van der Waals surface area (Å²) in [5.74, 6) is -0.660. The minimum atomic E-state index is -0.660. The molecule has 0 aromatic carbocycles. The van der Waals surface area contributed by atoms with E-state index in [1.54, 1.807) is 12.5 Å². The Morgan fingerprint density at radius 2 is 2.33 bits per heavy atom. The number of aromatic nitrogens is 2. The van der Waals surface area contributed by atoms with E-state index in [1.807, 2.05) is 10.8 Å². The Balaban J connectivity index is 2.03. The predicted octanol–water partition coefficient (Wildman–Crippen LogP) is 1.60. The molecule has 0 amide bonds. The molecule has 1 aromatic rings. The second-order valence-corrected chi connectivity index (χ2v) is 4.98. The molecule has 1 aliphatic rings. The van der Waals surface area contributed by atoms with Crippen molar-refractivity contribution < 1.29 is 9.90 Å². The molecule has 1 unspecified atom stereocenters. The van der Waals surface area contributed by atoms with Gasteiger partial charge in [0.05, 0.1) is 6.33 Å². The van der Waals surface area contributed by atoms with Crippen molar-refractivity contribution in [3.63, 3.8) is 0 Å². The van der Waals surface area contributed by atoms with E-state index in [9.17, 15) is 9.90 Å². The molecule has 0 radical (unpaired) electrons. The first kappa shape index (κ1) is 13.1. The van der Waals surface area contributed by atoms with Crippen LogP contribution in [0.5, 0.6) is 0 Å². The third kappa shape index (κ3) is 2.41. The first-order valence-corrected chi connectivity index (χ1v) is 6.63. The molecule has 1 aromatic heterocycles. The van der Waals surface area contributed by atoms with Crippen molar-refractivity contribution in [1.82, 2.24) is 14.5 Å². The summed E-state index contributed by atoms with van der Waals surface area (Å²) < 4.78 is 2.00. The van der Waals surface area contributed by atoms with Gasteiger partial charge in [-0.05, 0) is 25.8 Å². The number of hydrogen-bond donors (Lipinski definition) is 1. The van der Waals surface area contributed by atoms with Crippen LogP contribution < -0.4 is 0 Å². The minimum absolute atomic E-state index is 0.630. The third-order valence-corrected chi connectivity index (χ3v) is 3.87. The van der Waals surface area contributed by atoms with E-state index in [0.717, 1.165) is 45.3 Å². The number of aliphatic carboxylic acids is 1. The van der Waals surface area contributed by atoms with Crippen LogP contribution >= 0.6 is 0 Å². The van der Waals surface area contributed by atoms with Crippen LogP contribution in [0.15, 0.2) is 18.7 Å². The number of nitrogens with zero attached hydrogens (tertiary/aromatic N) is 3. The minimum Gasteiger partial charge on any atom is -0.480 e. The fourth-order valence-electron chi connectivity index (χ4n) is 2.96. The lowest BCUT2D eigenvalue weighted by atomic mass is 9.90. The molecule has 1 atom stereocenters. The Morgan fingerprint density at radius 3 is 2.94 bits per heavy atom. The van der Waals surface area contributed by atoms with E-state index in [-0.39, 0.29) is 0 Å². The average molecular weight is 251 g/mol. The Bertz CT molecular complexity index is 391. The Labute approximate surface area is 107 Å². The first-order valence-electron chi connectivity index (χ1n) is 6.63. The lowest BCUT2D eigenvalue weighted by Crippen LogP contribution is -2.51. The smallest absolute Gasteiger partial charge is 0.324 e. The molecule has 1 saturated heterocycles. The van der Waals surface area contributed by atoms with Gasteiger partial charge in [0.25, 0.3) is 0 Å². The molecule has 5 heteroatoms. The highest BCUT2D eigenvalue weighted by Crippen LogP contribution is 2.33. The fourth-order valence-corrected chi connectivity index (χ4v) is 2.96. The van der Waals surface area contributed by atoms with Crippen LogP contribution in [0.25, 0.3) is 0 Å². The van der Waals surface area contributed by atoms with Crippen LogP contribution in [0.3, 0.4) is 0 Å². The van der Waals surface area contributed by atoms with Crippen LogP contribution in [0, 0.1) is 0 Å². The summed E-state index contributed by atoms with van der Waals surface area (Å²) in [6, 6.07) is 0. The molecule has 5 nitrogen and oxygen atoms in total. The van der Waals surface area contributed by atoms with Crippen LogP contribution in [0.4, 0.5) is 0 Å². The maximum absolute atomic E-state index is 11.6. The SMILES string of the molecule is CCCC1(C(=O)O)CCCN1CCn1ccnc1. The van der Waals surface area contributed by atoms with Crippen molar-refractivity contribution in [2.24, 2.45) is 0 Å². The molecule has 18 heavy (non-hydrogen) atoms. The van der Waals surface area contributed by atoms with Crippen molar-refractivity contribution in [1.29, 1.82) is 0 Å². The van der Waals surface area contributed by atoms with Crippen molar-refractivity contribution >= 4 is 5.97 Å². The molecular weight excluding hydrogens is 230 g/mol. The zero-order chi connectivity index (χ0) is 13.0. The largest absolute Gasteiger partial charge is 0.480 e. The molecule has 0 bridgehead atoms. The molecule has 100 valence electrons. The Hall–Kier alpha value is -1.36. The molecular formula is C13H21N3O2. The van der Waals surface area contributed by atoms with E-state index >= 15 is 0 Å². The maximum Gasteiger partial charge on any atom is 0.324 e. The average Bonchev–Trinajstić information content (AvgIpc) is 2.96. The van der Waals surface area contributed by atoms with Gasteiger partial charge in [0.2, 0.25) is 0 Å². The number of carboxylic acids is 1. The van der Waals surface area contributed by atoms with Crippen molar-refractivity contribution in [3.8, 4) is 0 Å². The van der Waals surface area contributed by atoms with Crippen molar-refractivity contribution in [2.45, 2.75) is 44.7 Å². The van der Waals surface area contributed by atoms with Gasteiger partial charge in [-0.2, -0.15) is 0 Å². The lowest BCUT2D eigenvalue weighted by molar-refractivity contribution is -0.150. The molecule has 0 spiro atoms. The van der Waals surface area contributed by atoms with Crippen molar-refractivity contribution in [3.05, 3.63) is 18.7 Å². The maximum atomic E-state index is 11.6. The molecule has 2 heterocycles. The summed E-state index contributed by atoms with van der Waals surface area (Å²) in [6.45, 7) is 4.53. The van der Waals surface area contributed by atoms with Gasteiger partial charge < -0.3 is 9.67 Å². The Morgan fingerprint density at radius 1 is 1.50 bits per heavy atom. The van der Waals surface area contributed by atoms with Gasteiger partial charge in [-0.3, -0.25) is 9.69 Å². The van der Waals surface area contributed by atoms with Crippen LogP contribution in [-0.2, 0) is 11.3 Å². The standard InChI is InChI=1S/C13H21N3O2/c1-2-4-13(12(17)18)5-3-7-16(13)10-9-15-8-6-14-11-15/h6,8,11H,2-5,7,9-10H2,1H3,(H,17,18). The van der Waals surface area contributed by atoms with Gasteiger partial charge in [-0.15, -0.1) is 0 Å². The lowest BCUT2D eigenvalue weighted by Gasteiger charge is -2.34. The molecule has 1 N–H and O–H groups in total. The highest BCUT2D eigenvalue weighted by Gasteiger charge is 2.46. The second kappa shape index (κ2) is 5.52. The summed E-state index contributed by atoms with van der Waals surface area (Å²) in [4.78, 5) is 17.8. The van der Waals surface area contributed by atoms with Gasteiger partial charge in [0, 0.05) is 25.5 Å². The number of rotatable bonds is 6. The van der Waals surface area contributed by atoms with Crippen LogP contribution in [0.1, 0.15) is 32.6 Å². The number of imidazole rings is 1. The predicted molar refractivity (Wildman–Crippen MR) is 68.3 cm³/mol. The van der Waals surface area contributed by atoms with E-state index in [4.69, 9.17) is 0 Å². The van der Waals surface area contributed by atoms with Gasteiger partial charge >= 0.3 is 5.97 Å². The highest BCUT2D eigenvalue weighted by atomic mass is 16.4. The van der Waals surface area contributed by atoms with Gasteiger partial charge in [0.15, 0.2) is 0 Å². The van der Waals surface area contributed by atoms with Gasteiger partial charge in [-0.1, -0.05) is 13.3 Å². The summed E-state index contributed by atoms with van der Waals surface area (Å²) in [5.41, 5.74) is -0.630. The third-order valence-electron chi connectivity index (χ3n) is 3.87. The molecule has 0 aliphatic carbocycles. The van der Waals surface area contributed by atoms with Crippen LogP contribution in [-0.4, -0.2) is 44.2 Å². The van der Waals surface area contributed by atoms with E-state index < -0.39 is 11.5 Å². The quantitative estimate of drug-likeness (QED) is 0.834. The fraction of sp³-hybridized carbons (Fsp3) is 0.692.